The second-order valence-corrected chi connectivity index (χ2v) is 3.37. The summed E-state index contributed by atoms with van der Waals surface area (Å²) in [5, 5.41) is 0. The molecule has 2 rings (SSSR count). The third kappa shape index (κ3) is 4.69. The highest BCUT2D eigenvalue weighted by molar-refractivity contribution is 7.71. The minimum atomic E-state index is 0.780. The smallest absolute Gasteiger partial charge is 0.103 e. The molecule has 0 saturated carbocycles. The minimum absolute atomic E-state index is 0.780. The molecule has 0 amide bonds. The van der Waals surface area contributed by atoms with Crippen LogP contribution < -0.4 is 0 Å². The Kier molecular flexibility index (Phi) is 4.82. The number of nitrogens with one attached hydrogen (secondary N) is 2. The SMILES string of the molecule is S=c1cc[nH]cc1.S=c1cccc[nH]1. The zero-order valence-electron chi connectivity index (χ0n) is 7.44. The number of pyridine rings is 2. The summed E-state index contributed by atoms with van der Waals surface area (Å²) in [5.74, 6) is 0. The number of aromatic nitrogens is 2. The van der Waals surface area contributed by atoms with Gasteiger partial charge in [0.15, 0.2) is 0 Å². The molecule has 0 atom stereocenters. The Labute approximate surface area is 92.7 Å². The van der Waals surface area contributed by atoms with Crippen LogP contribution in [0.25, 0.3) is 0 Å². The number of rotatable bonds is 0. The van der Waals surface area contributed by atoms with Gasteiger partial charge >= 0.3 is 0 Å². The lowest BCUT2D eigenvalue weighted by Gasteiger charge is -1.76. The van der Waals surface area contributed by atoms with Gasteiger partial charge in [0.1, 0.15) is 4.64 Å². The molecule has 0 spiro atoms. The van der Waals surface area contributed by atoms with Gasteiger partial charge in [-0.1, -0.05) is 30.5 Å². The maximum absolute atomic E-state index is 4.79. The lowest BCUT2D eigenvalue weighted by atomic mass is 10.5. The van der Waals surface area contributed by atoms with Gasteiger partial charge in [0.25, 0.3) is 0 Å². The van der Waals surface area contributed by atoms with Gasteiger partial charge in [-0.15, -0.1) is 0 Å². The Morgan fingerprint density at radius 3 is 1.86 bits per heavy atom. The summed E-state index contributed by atoms with van der Waals surface area (Å²) in [4.78, 5) is 5.71. The first-order valence-corrected chi connectivity index (χ1v) is 4.87. The Balaban J connectivity index is 0.000000140. The minimum Gasteiger partial charge on any atom is -0.368 e. The quantitative estimate of drug-likeness (QED) is 0.669. The van der Waals surface area contributed by atoms with E-state index in [1.807, 2.05) is 48.9 Å². The summed E-state index contributed by atoms with van der Waals surface area (Å²) in [5.41, 5.74) is 0. The van der Waals surface area contributed by atoms with Gasteiger partial charge < -0.3 is 9.97 Å². The molecule has 0 aliphatic rings. The van der Waals surface area contributed by atoms with Crippen LogP contribution in [0, 0.1) is 9.15 Å². The molecule has 0 fully saturated rings. The number of hydrogen-bond acceptors (Lipinski definition) is 2. The predicted molar refractivity (Wildman–Crippen MR) is 63.3 cm³/mol. The molecule has 2 aromatic heterocycles. The van der Waals surface area contributed by atoms with E-state index in [9.17, 15) is 0 Å². The van der Waals surface area contributed by atoms with Gasteiger partial charge in [-0.2, -0.15) is 0 Å². The maximum atomic E-state index is 4.79. The Bertz CT molecular complexity index is 393. The second kappa shape index (κ2) is 6.23. The largest absolute Gasteiger partial charge is 0.368 e. The van der Waals surface area contributed by atoms with Crippen molar-refractivity contribution in [1.29, 1.82) is 0 Å². The molecular weight excluding hydrogens is 212 g/mol. The molecule has 0 bridgehead atoms. The lowest BCUT2D eigenvalue weighted by molar-refractivity contribution is 1.30. The summed E-state index contributed by atoms with van der Waals surface area (Å²) in [6, 6.07) is 9.33. The fraction of sp³-hybridized carbons (Fsp3) is 0. The van der Waals surface area contributed by atoms with Crippen LogP contribution in [-0.4, -0.2) is 9.97 Å². The van der Waals surface area contributed by atoms with E-state index in [4.69, 9.17) is 24.4 Å². The highest BCUT2D eigenvalue weighted by Crippen LogP contribution is 1.82. The van der Waals surface area contributed by atoms with Crippen LogP contribution in [0.2, 0.25) is 0 Å². The highest BCUT2D eigenvalue weighted by atomic mass is 32.1. The van der Waals surface area contributed by atoms with E-state index in [0.29, 0.717) is 0 Å². The fourth-order valence-corrected chi connectivity index (χ4v) is 1.03. The molecule has 0 saturated heterocycles. The van der Waals surface area contributed by atoms with Crippen molar-refractivity contribution in [3.63, 3.8) is 0 Å². The average molecular weight is 222 g/mol. The maximum Gasteiger partial charge on any atom is 0.103 e. The van der Waals surface area contributed by atoms with E-state index in [0.717, 1.165) is 9.15 Å². The van der Waals surface area contributed by atoms with Crippen molar-refractivity contribution in [3.8, 4) is 0 Å². The molecule has 2 heterocycles. The standard InChI is InChI=1S/2C5H5NS/c7-5-1-3-6-4-2-5;7-5-3-1-2-4-6-5/h2*1-4H,(H,6,7). The van der Waals surface area contributed by atoms with Crippen molar-refractivity contribution in [2.75, 3.05) is 0 Å². The lowest BCUT2D eigenvalue weighted by Crippen LogP contribution is -1.64. The molecule has 0 unspecified atom stereocenters. The molecule has 4 heteroatoms. The van der Waals surface area contributed by atoms with Crippen LogP contribution in [0.3, 0.4) is 0 Å². The van der Waals surface area contributed by atoms with Gasteiger partial charge in [0, 0.05) is 23.1 Å². The van der Waals surface area contributed by atoms with Crippen molar-refractivity contribution in [1.82, 2.24) is 9.97 Å². The molecule has 2 aromatic rings. The van der Waals surface area contributed by atoms with E-state index >= 15 is 0 Å². The van der Waals surface area contributed by atoms with Gasteiger partial charge in [0.2, 0.25) is 0 Å². The van der Waals surface area contributed by atoms with Crippen LogP contribution in [-0.2, 0) is 0 Å². The number of hydrogen-bond donors (Lipinski definition) is 2. The van der Waals surface area contributed by atoms with E-state index in [-0.39, 0.29) is 0 Å². The highest BCUT2D eigenvalue weighted by Gasteiger charge is 1.66. The van der Waals surface area contributed by atoms with Crippen molar-refractivity contribution >= 4 is 24.4 Å². The van der Waals surface area contributed by atoms with E-state index in [1.54, 1.807) is 0 Å². The van der Waals surface area contributed by atoms with Gasteiger partial charge in [-0.25, -0.2) is 0 Å². The van der Waals surface area contributed by atoms with Crippen molar-refractivity contribution < 1.29 is 0 Å². The van der Waals surface area contributed by atoms with Crippen LogP contribution in [0.4, 0.5) is 0 Å². The summed E-state index contributed by atoms with van der Waals surface area (Å²) in [7, 11) is 0. The van der Waals surface area contributed by atoms with E-state index < -0.39 is 0 Å². The summed E-state index contributed by atoms with van der Waals surface area (Å²) in [6.07, 6.45) is 5.42. The van der Waals surface area contributed by atoms with E-state index in [2.05, 4.69) is 9.97 Å². The Morgan fingerprint density at radius 1 is 0.857 bits per heavy atom. The monoisotopic (exact) mass is 222 g/mol. The normalized spacial score (nSPS) is 8.57. The van der Waals surface area contributed by atoms with Crippen LogP contribution in [0.15, 0.2) is 48.9 Å². The second-order valence-electron chi connectivity index (χ2n) is 2.46. The third-order valence-electron chi connectivity index (χ3n) is 1.37. The molecule has 0 aliphatic carbocycles. The summed E-state index contributed by atoms with van der Waals surface area (Å²) < 4.78 is 1.65. The summed E-state index contributed by atoms with van der Waals surface area (Å²) in [6.45, 7) is 0. The first kappa shape index (κ1) is 10.8. The van der Waals surface area contributed by atoms with Crippen LogP contribution >= 0.6 is 24.4 Å². The molecule has 0 aromatic carbocycles. The Hall–Kier alpha value is -1.26. The zero-order chi connectivity index (χ0) is 10.2. The first-order valence-electron chi connectivity index (χ1n) is 4.06. The van der Waals surface area contributed by atoms with Crippen LogP contribution in [0.5, 0.6) is 0 Å². The molecule has 0 radical (unpaired) electrons. The zero-order valence-corrected chi connectivity index (χ0v) is 9.07. The molecule has 2 N–H and O–H groups in total. The molecule has 2 nitrogen and oxygen atoms in total. The molecule has 72 valence electrons. The van der Waals surface area contributed by atoms with Crippen molar-refractivity contribution in [2.45, 2.75) is 0 Å². The van der Waals surface area contributed by atoms with Crippen molar-refractivity contribution in [3.05, 3.63) is 58.1 Å². The van der Waals surface area contributed by atoms with Gasteiger partial charge in [-0.3, -0.25) is 0 Å². The molecule has 14 heavy (non-hydrogen) atoms. The van der Waals surface area contributed by atoms with E-state index in [1.165, 1.54) is 0 Å². The predicted octanol–water partition coefficient (Wildman–Crippen LogP) is 3.49. The number of H-pyrrole nitrogens is 2. The van der Waals surface area contributed by atoms with Crippen molar-refractivity contribution in [2.24, 2.45) is 0 Å². The van der Waals surface area contributed by atoms with Gasteiger partial charge in [-0.05, 0) is 24.3 Å². The fourth-order valence-electron chi connectivity index (χ4n) is 0.748. The Morgan fingerprint density at radius 2 is 1.57 bits per heavy atom. The third-order valence-corrected chi connectivity index (χ3v) is 1.89. The summed E-state index contributed by atoms with van der Waals surface area (Å²) >= 11 is 9.55. The average Bonchev–Trinajstić information content (AvgIpc) is 2.21. The number of aromatic amines is 2. The molecule has 0 aliphatic heterocycles. The van der Waals surface area contributed by atoms with Crippen LogP contribution in [0.1, 0.15) is 0 Å². The topological polar surface area (TPSA) is 31.6 Å². The molecular formula is C10H10N2S2. The first-order chi connectivity index (χ1) is 6.79. The van der Waals surface area contributed by atoms with Gasteiger partial charge in [0.05, 0.1) is 0 Å².